The molecular formula is C8H7F3N4O2. The highest BCUT2D eigenvalue weighted by Crippen LogP contribution is 2.23. The molecule has 0 aromatic carbocycles. The van der Waals surface area contributed by atoms with Gasteiger partial charge in [0.25, 0.3) is 0 Å². The van der Waals surface area contributed by atoms with Crippen molar-refractivity contribution in [1.82, 2.24) is 20.1 Å². The first-order valence-electron chi connectivity index (χ1n) is 4.54. The highest BCUT2D eigenvalue weighted by Gasteiger charge is 2.39. The zero-order valence-corrected chi connectivity index (χ0v) is 8.27. The molecule has 0 saturated carbocycles. The van der Waals surface area contributed by atoms with Gasteiger partial charge in [0.1, 0.15) is 0 Å². The fourth-order valence-electron chi connectivity index (χ4n) is 1.10. The van der Waals surface area contributed by atoms with Gasteiger partial charge in [-0.3, -0.25) is 0 Å². The molecule has 2 heterocycles. The first kappa shape index (κ1) is 11.6. The maximum atomic E-state index is 12.1. The molecule has 0 fully saturated rings. The molecule has 0 bridgehead atoms. The number of hydrogen-bond acceptors (Lipinski definition) is 5. The first-order valence-corrected chi connectivity index (χ1v) is 4.54. The third-order valence-electron chi connectivity index (χ3n) is 1.92. The van der Waals surface area contributed by atoms with Gasteiger partial charge in [-0.2, -0.15) is 18.2 Å². The summed E-state index contributed by atoms with van der Waals surface area (Å²) in [5, 5.41) is 12.2. The lowest BCUT2D eigenvalue weighted by Gasteiger charge is -2.11. The Labute approximate surface area is 92.5 Å². The van der Waals surface area contributed by atoms with Crippen LogP contribution in [0.1, 0.15) is 5.89 Å². The van der Waals surface area contributed by atoms with Crippen molar-refractivity contribution >= 4 is 0 Å². The standard InChI is InChI=1S/C8H7F3N4O2/c9-8(10,11)4(16)3-5-14-7(15-17-5)6-12-1-2-13-6/h1-2,4,16H,3H2,(H,12,13). The van der Waals surface area contributed by atoms with Crippen LogP contribution in [0.2, 0.25) is 0 Å². The molecule has 0 spiro atoms. The van der Waals surface area contributed by atoms with Crippen LogP contribution in [0.3, 0.4) is 0 Å². The van der Waals surface area contributed by atoms with Gasteiger partial charge in [-0.15, -0.1) is 0 Å². The molecule has 9 heteroatoms. The highest BCUT2D eigenvalue weighted by atomic mass is 19.4. The maximum absolute atomic E-state index is 12.1. The van der Waals surface area contributed by atoms with Crippen LogP contribution < -0.4 is 0 Å². The molecule has 6 nitrogen and oxygen atoms in total. The van der Waals surface area contributed by atoms with Crippen LogP contribution in [-0.4, -0.2) is 37.5 Å². The summed E-state index contributed by atoms with van der Waals surface area (Å²) in [5.41, 5.74) is 0. The largest absolute Gasteiger partial charge is 0.414 e. The average Bonchev–Trinajstić information content (AvgIpc) is 2.83. The van der Waals surface area contributed by atoms with Gasteiger partial charge >= 0.3 is 6.18 Å². The number of aliphatic hydroxyl groups excluding tert-OH is 1. The lowest BCUT2D eigenvalue weighted by Crippen LogP contribution is -2.30. The third-order valence-corrected chi connectivity index (χ3v) is 1.92. The van der Waals surface area contributed by atoms with E-state index in [1.165, 1.54) is 12.4 Å². The van der Waals surface area contributed by atoms with Crippen LogP contribution >= 0.6 is 0 Å². The predicted octanol–water partition coefficient (Wildman–Crippen LogP) is 0.925. The van der Waals surface area contributed by atoms with Crippen molar-refractivity contribution < 1.29 is 22.8 Å². The molecule has 0 aliphatic carbocycles. The van der Waals surface area contributed by atoms with Gasteiger partial charge in [-0.1, -0.05) is 5.16 Å². The van der Waals surface area contributed by atoms with Gasteiger partial charge < -0.3 is 14.6 Å². The van der Waals surface area contributed by atoms with Crippen LogP contribution in [0.5, 0.6) is 0 Å². The first-order chi connectivity index (χ1) is 7.97. The smallest absolute Gasteiger partial charge is 0.383 e. The van der Waals surface area contributed by atoms with E-state index in [0.29, 0.717) is 0 Å². The van der Waals surface area contributed by atoms with Crippen LogP contribution in [0.25, 0.3) is 11.6 Å². The normalized spacial score (nSPS) is 13.9. The minimum absolute atomic E-state index is 0.0411. The van der Waals surface area contributed by atoms with Crippen molar-refractivity contribution in [2.24, 2.45) is 0 Å². The number of alkyl halides is 3. The number of aromatic nitrogens is 4. The fraction of sp³-hybridized carbons (Fsp3) is 0.375. The Hall–Kier alpha value is -1.90. The molecule has 2 rings (SSSR count). The Kier molecular flexibility index (Phi) is 2.84. The number of aromatic amines is 1. The van der Waals surface area contributed by atoms with Crippen molar-refractivity contribution in [3.63, 3.8) is 0 Å². The molecule has 1 unspecified atom stereocenters. The number of H-pyrrole nitrogens is 1. The number of rotatable bonds is 3. The lowest BCUT2D eigenvalue weighted by atomic mass is 10.2. The third kappa shape index (κ3) is 2.61. The summed E-state index contributed by atoms with van der Waals surface area (Å²) in [4.78, 5) is 10.1. The molecule has 0 aliphatic heterocycles. The summed E-state index contributed by atoms with van der Waals surface area (Å²) in [6.45, 7) is 0. The van der Waals surface area contributed by atoms with Gasteiger partial charge in [0.15, 0.2) is 11.9 Å². The minimum Gasteiger partial charge on any atom is -0.383 e. The van der Waals surface area contributed by atoms with Gasteiger partial charge in [0.2, 0.25) is 11.7 Å². The molecule has 2 N–H and O–H groups in total. The van der Waals surface area contributed by atoms with Crippen molar-refractivity contribution in [1.29, 1.82) is 0 Å². The zero-order chi connectivity index (χ0) is 12.5. The molecule has 0 saturated heterocycles. The fourth-order valence-corrected chi connectivity index (χ4v) is 1.10. The van der Waals surface area contributed by atoms with E-state index in [9.17, 15) is 13.2 Å². The van der Waals surface area contributed by atoms with E-state index in [2.05, 4.69) is 24.6 Å². The summed E-state index contributed by atoms with van der Waals surface area (Å²) in [6.07, 6.45) is -5.06. The molecule has 2 aromatic heterocycles. The quantitative estimate of drug-likeness (QED) is 0.843. The number of halogens is 3. The molecule has 0 radical (unpaired) electrons. The predicted molar refractivity (Wildman–Crippen MR) is 47.6 cm³/mol. The van der Waals surface area contributed by atoms with Crippen molar-refractivity contribution in [3.8, 4) is 11.6 Å². The molecular weight excluding hydrogens is 241 g/mol. The number of nitrogens with one attached hydrogen (secondary N) is 1. The topological polar surface area (TPSA) is 87.8 Å². The molecule has 1 atom stereocenters. The second-order valence-corrected chi connectivity index (χ2v) is 3.21. The summed E-state index contributed by atoms with van der Waals surface area (Å²) in [5.74, 6) is 0.0158. The van der Waals surface area contributed by atoms with E-state index in [0.717, 1.165) is 0 Å². The second kappa shape index (κ2) is 4.17. The number of nitrogens with zero attached hydrogens (tertiary/aromatic N) is 3. The van der Waals surface area contributed by atoms with Crippen LogP contribution in [-0.2, 0) is 6.42 Å². The van der Waals surface area contributed by atoms with E-state index in [1.807, 2.05) is 0 Å². The average molecular weight is 248 g/mol. The molecule has 92 valence electrons. The summed E-state index contributed by atoms with van der Waals surface area (Å²) >= 11 is 0. The number of imidazole rings is 1. The van der Waals surface area contributed by atoms with Crippen molar-refractivity contribution in [2.45, 2.75) is 18.7 Å². The van der Waals surface area contributed by atoms with E-state index in [1.54, 1.807) is 0 Å². The van der Waals surface area contributed by atoms with E-state index in [4.69, 9.17) is 5.11 Å². The summed E-state index contributed by atoms with van der Waals surface area (Å²) < 4.78 is 40.7. The monoisotopic (exact) mass is 248 g/mol. The second-order valence-electron chi connectivity index (χ2n) is 3.21. The van der Waals surface area contributed by atoms with Gasteiger partial charge in [0.05, 0.1) is 6.42 Å². The zero-order valence-electron chi connectivity index (χ0n) is 8.27. The Morgan fingerprint density at radius 3 is 2.82 bits per heavy atom. The van der Waals surface area contributed by atoms with Crippen molar-refractivity contribution in [3.05, 3.63) is 18.3 Å². The highest BCUT2D eigenvalue weighted by molar-refractivity contribution is 5.40. The molecule has 17 heavy (non-hydrogen) atoms. The van der Waals surface area contributed by atoms with Crippen LogP contribution in [0.4, 0.5) is 13.2 Å². The molecule has 0 aliphatic rings. The minimum atomic E-state index is -4.71. The van der Waals surface area contributed by atoms with Gasteiger partial charge in [0, 0.05) is 12.4 Å². The Bertz CT molecular complexity index is 479. The van der Waals surface area contributed by atoms with Crippen LogP contribution in [0.15, 0.2) is 16.9 Å². The van der Waals surface area contributed by atoms with E-state index < -0.39 is 18.7 Å². The Morgan fingerprint density at radius 2 is 2.24 bits per heavy atom. The Morgan fingerprint density at radius 1 is 1.47 bits per heavy atom. The molecule has 0 amide bonds. The number of hydrogen-bond donors (Lipinski definition) is 2. The van der Waals surface area contributed by atoms with E-state index >= 15 is 0 Å². The van der Waals surface area contributed by atoms with E-state index in [-0.39, 0.29) is 17.5 Å². The van der Waals surface area contributed by atoms with Crippen LogP contribution in [0, 0.1) is 0 Å². The summed E-state index contributed by atoms with van der Waals surface area (Å²) in [6, 6.07) is 0. The molecule has 2 aromatic rings. The van der Waals surface area contributed by atoms with Crippen molar-refractivity contribution in [2.75, 3.05) is 0 Å². The summed E-state index contributed by atoms with van der Waals surface area (Å²) in [7, 11) is 0. The van der Waals surface area contributed by atoms with Gasteiger partial charge in [-0.25, -0.2) is 4.98 Å². The maximum Gasteiger partial charge on any atom is 0.414 e. The SMILES string of the molecule is OC(Cc1nc(-c2ncc[nH]2)no1)C(F)(F)F. The lowest BCUT2D eigenvalue weighted by molar-refractivity contribution is -0.204. The van der Waals surface area contributed by atoms with Gasteiger partial charge in [-0.05, 0) is 0 Å². The number of aliphatic hydroxyl groups is 1. The Balaban J connectivity index is 2.09.